The summed E-state index contributed by atoms with van der Waals surface area (Å²) in [6.07, 6.45) is 3.37. The predicted molar refractivity (Wildman–Crippen MR) is 77.6 cm³/mol. The largest absolute Gasteiger partial charge is 0.493 e. The molecule has 1 aromatic rings. The van der Waals surface area contributed by atoms with Gasteiger partial charge in [-0.3, -0.25) is 0 Å². The Morgan fingerprint density at radius 3 is 2.83 bits per heavy atom. The van der Waals surface area contributed by atoms with Crippen LogP contribution in [0.2, 0.25) is 0 Å². The van der Waals surface area contributed by atoms with Crippen LogP contribution in [0.5, 0.6) is 5.75 Å². The Morgan fingerprint density at radius 1 is 1.39 bits per heavy atom. The smallest absolute Gasteiger partial charge is 0.122 e. The van der Waals surface area contributed by atoms with Gasteiger partial charge < -0.3 is 4.74 Å². The fourth-order valence-electron chi connectivity index (χ4n) is 3.14. The zero-order valence-electron chi connectivity index (χ0n) is 11.6. The van der Waals surface area contributed by atoms with Gasteiger partial charge in [-0.25, -0.2) is 0 Å². The highest BCUT2D eigenvalue weighted by Crippen LogP contribution is 2.42. The average molecular weight is 267 g/mol. The van der Waals surface area contributed by atoms with E-state index in [0.717, 1.165) is 25.2 Å². The number of hydrogen-bond acceptors (Lipinski definition) is 1. The second-order valence-electron chi connectivity index (χ2n) is 6.23. The van der Waals surface area contributed by atoms with Crippen molar-refractivity contribution in [1.29, 1.82) is 0 Å². The van der Waals surface area contributed by atoms with E-state index >= 15 is 0 Å². The Bertz CT molecular complexity index is 398. The van der Waals surface area contributed by atoms with Gasteiger partial charge in [0.2, 0.25) is 0 Å². The molecule has 0 radical (unpaired) electrons. The molecule has 2 unspecified atom stereocenters. The molecular formula is C16H23ClO. The zero-order valence-corrected chi connectivity index (χ0v) is 12.3. The van der Waals surface area contributed by atoms with Crippen molar-refractivity contribution in [3.8, 4) is 5.75 Å². The summed E-state index contributed by atoms with van der Waals surface area (Å²) in [4.78, 5) is 0. The van der Waals surface area contributed by atoms with Crippen molar-refractivity contribution < 1.29 is 4.74 Å². The maximum atomic E-state index is 6.16. The first-order valence-corrected chi connectivity index (χ1v) is 7.27. The molecule has 2 heteroatoms. The molecule has 1 heterocycles. The summed E-state index contributed by atoms with van der Waals surface area (Å²) in [6, 6.07) is 8.45. The van der Waals surface area contributed by atoms with E-state index in [1.54, 1.807) is 0 Å². The van der Waals surface area contributed by atoms with Crippen molar-refractivity contribution in [3.05, 3.63) is 29.8 Å². The monoisotopic (exact) mass is 266 g/mol. The molecule has 1 nitrogen and oxygen atoms in total. The van der Waals surface area contributed by atoms with E-state index in [-0.39, 0.29) is 10.8 Å². The van der Waals surface area contributed by atoms with E-state index in [1.807, 2.05) is 6.07 Å². The fourth-order valence-corrected chi connectivity index (χ4v) is 3.56. The van der Waals surface area contributed by atoms with E-state index in [0.29, 0.717) is 5.92 Å². The van der Waals surface area contributed by atoms with Crippen molar-refractivity contribution in [3.63, 3.8) is 0 Å². The summed E-state index contributed by atoms with van der Waals surface area (Å²) in [7, 11) is 0. The van der Waals surface area contributed by atoms with Gasteiger partial charge in [0.05, 0.1) is 6.61 Å². The Kier molecular flexibility index (Phi) is 4.21. The lowest BCUT2D eigenvalue weighted by Crippen LogP contribution is -2.23. The number of para-hydroxylation sites is 1. The molecule has 100 valence electrons. The molecule has 0 amide bonds. The Hall–Kier alpha value is -0.690. The van der Waals surface area contributed by atoms with E-state index in [1.165, 1.54) is 12.0 Å². The molecule has 0 aliphatic carbocycles. The van der Waals surface area contributed by atoms with Crippen molar-refractivity contribution in [1.82, 2.24) is 0 Å². The summed E-state index contributed by atoms with van der Waals surface area (Å²) in [5.41, 5.74) is 1.66. The van der Waals surface area contributed by atoms with Gasteiger partial charge in [-0.2, -0.15) is 0 Å². The molecule has 0 fully saturated rings. The molecule has 1 aliphatic rings. The van der Waals surface area contributed by atoms with Gasteiger partial charge in [0, 0.05) is 5.38 Å². The van der Waals surface area contributed by atoms with E-state index in [9.17, 15) is 0 Å². The number of fused-ring (bicyclic) bond motifs is 1. The molecule has 18 heavy (non-hydrogen) atoms. The molecule has 0 saturated heterocycles. The first kappa shape index (κ1) is 13.7. The van der Waals surface area contributed by atoms with Gasteiger partial charge in [-0.1, -0.05) is 32.0 Å². The van der Waals surface area contributed by atoms with Crippen LogP contribution in [0.1, 0.15) is 51.5 Å². The molecule has 0 saturated carbocycles. The molecule has 1 aliphatic heterocycles. The number of ether oxygens (including phenoxy) is 1. The molecule has 2 rings (SSSR count). The van der Waals surface area contributed by atoms with Crippen molar-refractivity contribution in [2.75, 3.05) is 6.61 Å². The number of alkyl halides is 1. The van der Waals surface area contributed by atoms with Crippen LogP contribution in [-0.4, -0.2) is 12.0 Å². The Morgan fingerprint density at radius 2 is 2.11 bits per heavy atom. The summed E-state index contributed by atoms with van der Waals surface area (Å²) >= 11 is 6.16. The molecule has 2 atom stereocenters. The van der Waals surface area contributed by atoms with Gasteiger partial charge in [0.1, 0.15) is 5.75 Å². The van der Waals surface area contributed by atoms with Crippen LogP contribution in [-0.2, 0) is 0 Å². The molecular weight excluding hydrogens is 244 g/mol. The van der Waals surface area contributed by atoms with Crippen LogP contribution in [0, 0.1) is 5.41 Å². The second-order valence-corrected chi connectivity index (χ2v) is 6.97. The van der Waals surface area contributed by atoms with Crippen molar-refractivity contribution in [2.45, 2.75) is 51.3 Å². The van der Waals surface area contributed by atoms with Gasteiger partial charge in [-0.05, 0) is 49.1 Å². The SMILES string of the molecule is CC(Cl)CC(C)(C)CC1CCOc2ccccc21. The van der Waals surface area contributed by atoms with E-state index < -0.39 is 0 Å². The van der Waals surface area contributed by atoms with E-state index in [4.69, 9.17) is 16.3 Å². The average Bonchev–Trinajstić information content (AvgIpc) is 2.27. The van der Waals surface area contributed by atoms with Crippen LogP contribution in [0.15, 0.2) is 24.3 Å². The van der Waals surface area contributed by atoms with Crippen LogP contribution in [0.3, 0.4) is 0 Å². The normalized spacial score (nSPS) is 21.0. The number of rotatable bonds is 4. The highest BCUT2D eigenvalue weighted by molar-refractivity contribution is 6.20. The van der Waals surface area contributed by atoms with Crippen molar-refractivity contribution >= 4 is 11.6 Å². The minimum atomic E-state index is 0.245. The van der Waals surface area contributed by atoms with E-state index in [2.05, 4.69) is 39.0 Å². The maximum Gasteiger partial charge on any atom is 0.122 e. The minimum absolute atomic E-state index is 0.245. The summed E-state index contributed by atoms with van der Waals surface area (Å²) in [5.74, 6) is 1.68. The minimum Gasteiger partial charge on any atom is -0.493 e. The molecule has 1 aromatic carbocycles. The lowest BCUT2D eigenvalue weighted by Gasteiger charge is -2.34. The Balaban J connectivity index is 2.11. The first-order valence-electron chi connectivity index (χ1n) is 6.84. The fraction of sp³-hybridized carbons (Fsp3) is 0.625. The lowest BCUT2D eigenvalue weighted by atomic mass is 9.75. The maximum absolute atomic E-state index is 6.16. The topological polar surface area (TPSA) is 9.23 Å². The van der Waals surface area contributed by atoms with Crippen molar-refractivity contribution in [2.24, 2.45) is 5.41 Å². The number of halogens is 1. The third kappa shape index (κ3) is 3.41. The predicted octanol–water partition coefficient (Wildman–Crippen LogP) is 4.99. The summed E-state index contributed by atoms with van der Waals surface area (Å²) < 4.78 is 5.72. The third-order valence-electron chi connectivity index (χ3n) is 3.72. The second kappa shape index (κ2) is 5.52. The van der Waals surface area contributed by atoms with Gasteiger partial charge in [0.25, 0.3) is 0 Å². The summed E-state index contributed by atoms with van der Waals surface area (Å²) in [6.45, 7) is 7.57. The van der Waals surface area contributed by atoms with Gasteiger partial charge in [0.15, 0.2) is 0 Å². The first-order chi connectivity index (χ1) is 8.48. The number of benzene rings is 1. The molecule has 0 spiro atoms. The quantitative estimate of drug-likeness (QED) is 0.698. The highest BCUT2D eigenvalue weighted by Gasteiger charge is 2.29. The van der Waals surface area contributed by atoms with Gasteiger partial charge >= 0.3 is 0 Å². The lowest BCUT2D eigenvalue weighted by molar-refractivity contribution is 0.217. The molecule has 0 N–H and O–H groups in total. The number of hydrogen-bond donors (Lipinski definition) is 0. The van der Waals surface area contributed by atoms with Crippen LogP contribution < -0.4 is 4.74 Å². The standard InChI is InChI=1S/C16H23ClO/c1-12(17)10-16(2,3)11-13-8-9-18-15-7-5-4-6-14(13)15/h4-7,12-13H,8-11H2,1-3H3. The molecule has 0 aromatic heterocycles. The summed E-state index contributed by atoms with van der Waals surface area (Å²) in [5, 5.41) is 0.245. The zero-order chi connectivity index (χ0) is 13.2. The van der Waals surface area contributed by atoms with Crippen LogP contribution >= 0.6 is 11.6 Å². The third-order valence-corrected chi connectivity index (χ3v) is 3.87. The van der Waals surface area contributed by atoms with Crippen LogP contribution in [0.25, 0.3) is 0 Å². The van der Waals surface area contributed by atoms with Gasteiger partial charge in [-0.15, -0.1) is 11.6 Å². The highest BCUT2D eigenvalue weighted by atomic mass is 35.5. The molecule has 0 bridgehead atoms. The van der Waals surface area contributed by atoms with Crippen LogP contribution in [0.4, 0.5) is 0 Å². The Labute approximate surface area is 115 Å².